The van der Waals surface area contributed by atoms with E-state index in [9.17, 15) is 13.2 Å². The van der Waals surface area contributed by atoms with E-state index in [1.165, 1.54) is 32.0 Å². The zero-order valence-electron chi connectivity index (χ0n) is 15.9. The van der Waals surface area contributed by atoms with Crippen LogP contribution in [0, 0.1) is 17.2 Å². The van der Waals surface area contributed by atoms with Crippen LogP contribution in [0.1, 0.15) is 51.5 Å². The van der Waals surface area contributed by atoms with Gasteiger partial charge in [0, 0.05) is 13.6 Å². The van der Waals surface area contributed by atoms with E-state index >= 15 is 0 Å². The maximum Gasteiger partial charge on any atom is 0.244 e. The molecule has 0 saturated heterocycles. The zero-order chi connectivity index (χ0) is 19.6. The summed E-state index contributed by atoms with van der Waals surface area (Å²) in [6, 6.07) is 7.85. The Bertz CT molecular complexity index is 724. The van der Waals surface area contributed by atoms with Gasteiger partial charge in [-0.1, -0.05) is 51.7 Å². The Kier molecular flexibility index (Phi) is 9.31. The molecule has 0 aliphatic carbocycles. The van der Waals surface area contributed by atoms with E-state index in [2.05, 4.69) is 19.2 Å². The van der Waals surface area contributed by atoms with Gasteiger partial charge >= 0.3 is 0 Å². The molecular weight excluding hydrogens is 350 g/mol. The maximum absolute atomic E-state index is 12.5. The van der Waals surface area contributed by atoms with Crippen LogP contribution >= 0.6 is 0 Å². The normalized spacial score (nSPS) is 11.5. The van der Waals surface area contributed by atoms with Gasteiger partial charge in [-0.05, 0) is 24.5 Å². The lowest BCUT2D eigenvalue weighted by atomic mass is 10.0. The Labute approximate surface area is 157 Å². The summed E-state index contributed by atoms with van der Waals surface area (Å²) in [5, 5.41) is 11.8. The largest absolute Gasteiger partial charge is 0.355 e. The standard InChI is InChI=1S/C19H29N3O3S/c1-16(2)10-6-4-5-9-13-21-19(23)15-22(3)26(24,25)18-12-8-7-11-17(18)14-20/h7-8,11-12,16H,4-6,9-10,13,15H2,1-3H3,(H,21,23). The number of sulfonamides is 1. The van der Waals surface area contributed by atoms with Crippen molar-refractivity contribution in [1.29, 1.82) is 5.26 Å². The number of carbonyl (C=O) groups is 1. The molecule has 0 aliphatic heterocycles. The first kappa shape index (κ1) is 22.1. The fourth-order valence-electron chi connectivity index (χ4n) is 2.55. The lowest BCUT2D eigenvalue weighted by molar-refractivity contribution is -0.121. The molecule has 1 aromatic rings. The number of hydrogen-bond donors (Lipinski definition) is 1. The van der Waals surface area contributed by atoms with Crippen molar-refractivity contribution >= 4 is 15.9 Å². The quantitative estimate of drug-likeness (QED) is 0.599. The fraction of sp³-hybridized carbons (Fsp3) is 0.579. The summed E-state index contributed by atoms with van der Waals surface area (Å²) in [5.74, 6) is 0.381. The van der Waals surface area contributed by atoms with Crippen molar-refractivity contribution in [3.63, 3.8) is 0 Å². The van der Waals surface area contributed by atoms with Crippen LogP contribution in [0.5, 0.6) is 0 Å². The molecule has 26 heavy (non-hydrogen) atoms. The number of nitrogens with zero attached hydrogens (tertiary/aromatic N) is 2. The Morgan fingerprint density at radius 3 is 2.50 bits per heavy atom. The molecule has 6 nitrogen and oxygen atoms in total. The van der Waals surface area contributed by atoms with Gasteiger partial charge in [-0.25, -0.2) is 8.42 Å². The first-order chi connectivity index (χ1) is 12.3. The van der Waals surface area contributed by atoms with E-state index in [-0.39, 0.29) is 22.9 Å². The van der Waals surface area contributed by atoms with Crippen molar-refractivity contribution in [3.05, 3.63) is 29.8 Å². The molecule has 0 radical (unpaired) electrons. The smallest absolute Gasteiger partial charge is 0.244 e. The van der Waals surface area contributed by atoms with Crippen LogP contribution in [-0.2, 0) is 14.8 Å². The summed E-state index contributed by atoms with van der Waals surface area (Å²) in [6.45, 7) is 4.69. The summed E-state index contributed by atoms with van der Waals surface area (Å²) in [6.07, 6.45) is 5.51. The summed E-state index contributed by atoms with van der Waals surface area (Å²) in [5.41, 5.74) is 0.0705. The second kappa shape index (κ2) is 10.9. The van der Waals surface area contributed by atoms with Gasteiger partial charge in [-0.2, -0.15) is 9.57 Å². The predicted molar refractivity (Wildman–Crippen MR) is 102 cm³/mol. The van der Waals surface area contributed by atoms with Gasteiger partial charge < -0.3 is 5.32 Å². The van der Waals surface area contributed by atoms with Crippen LogP contribution in [0.4, 0.5) is 0 Å². The molecule has 0 saturated carbocycles. The van der Waals surface area contributed by atoms with Crippen LogP contribution in [0.15, 0.2) is 29.2 Å². The summed E-state index contributed by atoms with van der Waals surface area (Å²) < 4.78 is 26.1. The fourth-order valence-corrected chi connectivity index (χ4v) is 3.82. The summed E-state index contributed by atoms with van der Waals surface area (Å²) >= 11 is 0. The number of amides is 1. The Morgan fingerprint density at radius 2 is 1.85 bits per heavy atom. The Morgan fingerprint density at radius 1 is 1.19 bits per heavy atom. The topological polar surface area (TPSA) is 90.3 Å². The molecule has 144 valence electrons. The van der Waals surface area contributed by atoms with Crippen molar-refractivity contribution in [3.8, 4) is 6.07 Å². The summed E-state index contributed by atoms with van der Waals surface area (Å²) in [4.78, 5) is 11.9. The van der Waals surface area contributed by atoms with Crippen molar-refractivity contribution in [2.45, 2.75) is 50.8 Å². The van der Waals surface area contributed by atoms with Crippen LogP contribution in [0.3, 0.4) is 0 Å². The number of hydrogen-bond acceptors (Lipinski definition) is 4. The first-order valence-corrected chi connectivity index (χ1v) is 10.4. The molecule has 0 spiro atoms. The number of nitriles is 1. The van der Waals surface area contributed by atoms with E-state index in [0.29, 0.717) is 6.54 Å². The molecule has 0 heterocycles. The summed E-state index contributed by atoms with van der Waals surface area (Å²) in [7, 11) is -2.54. The highest BCUT2D eigenvalue weighted by Crippen LogP contribution is 2.18. The van der Waals surface area contributed by atoms with Gasteiger partial charge in [0.1, 0.15) is 6.07 Å². The molecular formula is C19H29N3O3S. The lowest BCUT2D eigenvalue weighted by Gasteiger charge is -2.17. The average molecular weight is 380 g/mol. The van der Waals surface area contributed by atoms with Crippen molar-refractivity contribution in [1.82, 2.24) is 9.62 Å². The van der Waals surface area contributed by atoms with Crippen molar-refractivity contribution < 1.29 is 13.2 Å². The van der Waals surface area contributed by atoms with Crippen LogP contribution in [0.25, 0.3) is 0 Å². The Hall–Kier alpha value is -1.91. The van der Waals surface area contributed by atoms with Crippen LogP contribution in [-0.4, -0.2) is 38.8 Å². The SMILES string of the molecule is CC(C)CCCCCCNC(=O)CN(C)S(=O)(=O)c1ccccc1C#N. The minimum absolute atomic E-state index is 0.0705. The Balaban J connectivity index is 2.43. The molecule has 0 fully saturated rings. The molecule has 0 unspecified atom stereocenters. The molecule has 1 rings (SSSR count). The first-order valence-electron chi connectivity index (χ1n) is 9.01. The van der Waals surface area contributed by atoms with Crippen LogP contribution in [0.2, 0.25) is 0 Å². The van der Waals surface area contributed by atoms with Gasteiger partial charge in [0.2, 0.25) is 15.9 Å². The molecule has 0 atom stereocenters. The number of benzene rings is 1. The number of nitrogens with one attached hydrogen (secondary N) is 1. The minimum Gasteiger partial charge on any atom is -0.355 e. The predicted octanol–water partition coefficient (Wildman–Crippen LogP) is 2.90. The van der Waals surface area contributed by atoms with Gasteiger partial charge in [0.05, 0.1) is 17.0 Å². The molecule has 0 bridgehead atoms. The third-order valence-corrected chi connectivity index (χ3v) is 5.95. The van der Waals surface area contributed by atoms with Gasteiger partial charge in [-0.15, -0.1) is 0 Å². The zero-order valence-corrected chi connectivity index (χ0v) is 16.7. The van der Waals surface area contributed by atoms with Crippen LogP contribution < -0.4 is 5.32 Å². The highest BCUT2D eigenvalue weighted by molar-refractivity contribution is 7.89. The van der Waals surface area contributed by atoms with E-state index in [4.69, 9.17) is 5.26 Å². The molecule has 1 aromatic carbocycles. The molecule has 1 N–H and O–H groups in total. The minimum atomic E-state index is -3.88. The van der Waals surface area contributed by atoms with Gasteiger partial charge in [0.25, 0.3) is 0 Å². The molecule has 1 amide bonds. The molecule has 0 aliphatic rings. The number of likely N-dealkylation sites (N-methyl/N-ethyl adjacent to an activating group) is 1. The molecule has 7 heteroatoms. The van der Waals surface area contributed by atoms with Gasteiger partial charge in [0.15, 0.2) is 0 Å². The second-order valence-corrected chi connectivity index (χ2v) is 8.83. The second-order valence-electron chi connectivity index (χ2n) is 6.82. The highest BCUT2D eigenvalue weighted by Gasteiger charge is 2.25. The average Bonchev–Trinajstić information content (AvgIpc) is 2.60. The number of rotatable bonds is 11. The lowest BCUT2D eigenvalue weighted by Crippen LogP contribution is -2.38. The highest BCUT2D eigenvalue weighted by atomic mass is 32.2. The molecule has 0 aromatic heterocycles. The van der Waals surface area contributed by atoms with E-state index in [0.717, 1.165) is 29.5 Å². The third-order valence-electron chi connectivity index (χ3n) is 4.09. The van der Waals surface area contributed by atoms with E-state index < -0.39 is 10.0 Å². The monoisotopic (exact) mass is 379 g/mol. The third kappa shape index (κ3) is 7.14. The van der Waals surface area contributed by atoms with E-state index in [1.807, 2.05) is 6.07 Å². The number of carbonyl (C=O) groups excluding carboxylic acids is 1. The van der Waals surface area contributed by atoms with Gasteiger partial charge in [-0.3, -0.25) is 4.79 Å². The van der Waals surface area contributed by atoms with Crippen molar-refractivity contribution in [2.75, 3.05) is 20.1 Å². The van der Waals surface area contributed by atoms with E-state index in [1.54, 1.807) is 12.1 Å². The number of unbranched alkanes of at least 4 members (excludes halogenated alkanes) is 3. The maximum atomic E-state index is 12.5. The van der Waals surface area contributed by atoms with Crippen molar-refractivity contribution in [2.24, 2.45) is 5.92 Å².